The van der Waals surface area contributed by atoms with Crippen molar-refractivity contribution >= 4 is 11.9 Å². The van der Waals surface area contributed by atoms with Gasteiger partial charge in [0.05, 0.1) is 5.92 Å². The zero-order valence-electron chi connectivity index (χ0n) is 11.3. The summed E-state index contributed by atoms with van der Waals surface area (Å²) in [7, 11) is 0. The Morgan fingerprint density at radius 1 is 1.10 bits per heavy atom. The van der Waals surface area contributed by atoms with E-state index in [9.17, 15) is 24.9 Å². The van der Waals surface area contributed by atoms with Gasteiger partial charge in [-0.3, -0.25) is 9.59 Å². The number of aromatic hydroxyl groups is 2. The Morgan fingerprint density at radius 2 is 1.81 bits per heavy atom. The lowest BCUT2D eigenvalue weighted by atomic mass is 9.84. The number of carbonyl (C=O) groups excluding carboxylic acids is 1. The molecular formula is C15H17NO5. The number of phenols is 2. The summed E-state index contributed by atoms with van der Waals surface area (Å²) in [6.45, 7) is 0. The molecule has 1 aromatic carbocycles. The van der Waals surface area contributed by atoms with Crippen LogP contribution in [0.4, 0.5) is 0 Å². The van der Waals surface area contributed by atoms with Crippen LogP contribution < -0.4 is 5.32 Å². The third-order valence-electron chi connectivity index (χ3n) is 4.74. The van der Waals surface area contributed by atoms with Gasteiger partial charge in [0.2, 0.25) is 0 Å². The van der Waals surface area contributed by atoms with E-state index in [1.807, 2.05) is 0 Å². The van der Waals surface area contributed by atoms with Crippen molar-refractivity contribution in [1.82, 2.24) is 5.32 Å². The van der Waals surface area contributed by atoms with E-state index >= 15 is 0 Å². The van der Waals surface area contributed by atoms with E-state index in [0.717, 1.165) is 19.3 Å². The average Bonchev–Trinajstić information content (AvgIpc) is 3.02. The number of rotatable bonds is 3. The topological polar surface area (TPSA) is 107 Å². The van der Waals surface area contributed by atoms with Crippen molar-refractivity contribution in [2.24, 2.45) is 17.8 Å². The van der Waals surface area contributed by atoms with Crippen LogP contribution in [0.2, 0.25) is 0 Å². The van der Waals surface area contributed by atoms with Gasteiger partial charge in [-0.05, 0) is 49.3 Å². The van der Waals surface area contributed by atoms with E-state index in [4.69, 9.17) is 0 Å². The van der Waals surface area contributed by atoms with Gasteiger partial charge in [0.25, 0.3) is 5.91 Å². The van der Waals surface area contributed by atoms with Gasteiger partial charge in [-0.15, -0.1) is 0 Å². The molecule has 2 saturated carbocycles. The summed E-state index contributed by atoms with van der Waals surface area (Å²) in [5, 5.41) is 30.8. The molecule has 0 saturated heterocycles. The van der Waals surface area contributed by atoms with Gasteiger partial charge in [-0.25, -0.2) is 0 Å². The largest absolute Gasteiger partial charge is 0.504 e. The summed E-state index contributed by atoms with van der Waals surface area (Å²) in [5.41, 5.74) is 0.206. The highest BCUT2D eigenvalue weighted by atomic mass is 16.4. The van der Waals surface area contributed by atoms with Crippen molar-refractivity contribution in [2.75, 3.05) is 0 Å². The number of carboxylic acids is 1. The fourth-order valence-corrected chi connectivity index (χ4v) is 3.75. The lowest BCUT2D eigenvalue weighted by Gasteiger charge is -2.28. The molecule has 0 spiro atoms. The molecule has 2 fully saturated rings. The first-order chi connectivity index (χ1) is 9.97. The van der Waals surface area contributed by atoms with Crippen molar-refractivity contribution in [2.45, 2.75) is 25.3 Å². The van der Waals surface area contributed by atoms with Crippen LogP contribution in [0, 0.1) is 17.8 Å². The number of amides is 1. The van der Waals surface area contributed by atoms with Gasteiger partial charge in [0.15, 0.2) is 11.5 Å². The van der Waals surface area contributed by atoms with Crippen LogP contribution in [0.5, 0.6) is 11.5 Å². The summed E-state index contributed by atoms with van der Waals surface area (Å²) in [6.07, 6.45) is 2.71. The first-order valence-electron chi connectivity index (χ1n) is 7.03. The zero-order valence-corrected chi connectivity index (χ0v) is 11.3. The van der Waals surface area contributed by atoms with E-state index in [2.05, 4.69) is 5.32 Å². The normalized spacial score (nSPS) is 30.3. The molecule has 4 atom stereocenters. The molecule has 4 unspecified atom stereocenters. The number of benzene rings is 1. The number of fused-ring (bicyclic) bond motifs is 2. The van der Waals surface area contributed by atoms with E-state index < -0.39 is 17.8 Å². The van der Waals surface area contributed by atoms with Crippen molar-refractivity contribution in [1.29, 1.82) is 0 Å². The number of hydrogen-bond acceptors (Lipinski definition) is 4. The van der Waals surface area contributed by atoms with Crippen LogP contribution in [0.25, 0.3) is 0 Å². The second kappa shape index (κ2) is 4.95. The van der Waals surface area contributed by atoms with Gasteiger partial charge >= 0.3 is 5.97 Å². The number of hydrogen-bond donors (Lipinski definition) is 4. The Balaban J connectivity index is 1.77. The Hall–Kier alpha value is -2.24. The molecule has 2 aliphatic carbocycles. The smallest absolute Gasteiger partial charge is 0.308 e. The maximum Gasteiger partial charge on any atom is 0.308 e. The van der Waals surface area contributed by atoms with Crippen LogP contribution in [0.3, 0.4) is 0 Å². The number of phenolic OH excluding ortho intramolecular Hbond substituents is 2. The van der Waals surface area contributed by atoms with Crippen molar-refractivity contribution in [3.63, 3.8) is 0 Å². The molecule has 112 valence electrons. The molecule has 1 amide bonds. The van der Waals surface area contributed by atoms with Crippen LogP contribution in [0.1, 0.15) is 29.6 Å². The lowest BCUT2D eigenvalue weighted by Crippen LogP contribution is -2.46. The summed E-state index contributed by atoms with van der Waals surface area (Å²) in [6, 6.07) is 3.45. The zero-order chi connectivity index (χ0) is 15.1. The number of carboxylic acid groups (broad SMARTS) is 1. The molecule has 2 aliphatic rings. The van der Waals surface area contributed by atoms with E-state index in [-0.39, 0.29) is 34.9 Å². The quantitative estimate of drug-likeness (QED) is 0.628. The van der Waals surface area contributed by atoms with Gasteiger partial charge in [-0.2, -0.15) is 0 Å². The fourth-order valence-electron chi connectivity index (χ4n) is 3.75. The van der Waals surface area contributed by atoms with Crippen LogP contribution in [0.15, 0.2) is 18.2 Å². The number of aliphatic carboxylic acids is 1. The maximum atomic E-state index is 12.2. The van der Waals surface area contributed by atoms with Gasteiger partial charge < -0.3 is 20.6 Å². The molecule has 3 rings (SSSR count). The lowest BCUT2D eigenvalue weighted by molar-refractivity contribution is -0.144. The number of nitrogens with one attached hydrogen (secondary N) is 1. The van der Waals surface area contributed by atoms with E-state index in [1.165, 1.54) is 18.2 Å². The average molecular weight is 291 g/mol. The number of carbonyl (C=O) groups is 2. The van der Waals surface area contributed by atoms with Crippen molar-refractivity contribution in [3.05, 3.63) is 23.8 Å². The molecule has 0 aromatic heterocycles. The Kier molecular flexibility index (Phi) is 3.23. The molecule has 0 radical (unpaired) electrons. The minimum atomic E-state index is -0.860. The molecule has 0 heterocycles. The highest BCUT2D eigenvalue weighted by Crippen LogP contribution is 2.48. The van der Waals surface area contributed by atoms with E-state index in [1.54, 1.807) is 0 Å². The minimum Gasteiger partial charge on any atom is -0.504 e. The van der Waals surface area contributed by atoms with Gasteiger partial charge in [0.1, 0.15) is 0 Å². The van der Waals surface area contributed by atoms with Crippen molar-refractivity contribution in [3.8, 4) is 11.5 Å². The Labute approximate surface area is 121 Å². The molecule has 1 aromatic rings. The first-order valence-corrected chi connectivity index (χ1v) is 7.03. The highest BCUT2D eigenvalue weighted by Gasteiger charge is 2.51. The molecule has 21 heavy (non-hydrogen) atoms. The predicted molar refractivity (Wildman–Crippen MR) is 73.0 cm³/mol. The standard InChI is InChI=1S/C15H17NO5/c17-10-4-3-9(6-11(10)18)14(19)16-13-8-2-1-7(5-8)12(13)15(20)21/h3-4,6-8,12-13,17-18H,1-2,5H2,(H,16,19)(H,20,21). The molecule has 0 aliphatic heterocycles. The molecule has 2 bridgehead atoms. The minimum absolute atomic E-state index is 0.144. The third kappa shape index (κ3) is 2.30. The Bertz CT molecular complexity index is 600. The second-order valence-electron chi connectivity index (χ2n) is 5.90. The highest BCUT2D eigenvalue weighted by molar-refractivity contribution is 5.95. The first kappa shape index (κ1) is 13.7. The predicted octanol–water partition coefficient (Wildman–Crippen LogP) is 1.33. The molecule has 4 N–H and O–H groups in total. The monoisotopic (exact) mass is 291 g/mol. The third-order valence-corrected chi connectivity index (χ3v) is 4.74. The maximum absolute atomic E-state index is 12.2. The second-order valence-corrected chi connectivity index (χ2v) is 5.90. The molecular weight excluding hydrogens is 274 g/mol. The van der Waals surface area contributed by atoms with Crippen LogP contribution >= 0.6 is 0 Å². The van der Waals surface area contributed by atoms with Gasteiger partial charge in [0, 0.05) is 11.6 Å². The van der Waals surface area contributed by atoms with Crippen LogP contribution in [-0.4, -0.2) is 33.2 Å². The fraction of sp³-hybridized carbons (Fsp3) is 0.467. The summed E-state index contributed by atoms with van der Waals surface area (Å²) in [4.78, 5) is 23.6. The summed E-state index contributed by atoms with van der Waals surface area (Å²) < 4.78 is 0. The molecule has 6 nitrogen and oxygen atoms in total. The van der Waals surface area contributed by atoms with Gasteiger partial charge in [-0.1, -0.05) is 0 Å². The molecule has 6 heteroatoms. The van der Waals surface area contributed by atoms with E-state index in [0.29, 0.717) is 0 Å². The van der Waals surface area contributed by atoms with Crippen LogP contribution in [-0.2, 0) is 4.79 Å². The summed E-state index contributed by atoms with van der Waals surface area (Å²) >= 11 is 0. The van der Waals surface area contributed by atoms with Crippen molar-refractivity contribution < 1.29 is 24.9 Å². The summed E-state index contributed by atoms with van der Waals surface area (Å²) in [5.74, 6) is -2.12. The Morgan fingerprint density at radius 3 is 2.48 bits per heavy atom. The SMILES string of the molecule is O=C(NC1C2CCC(C2)C1C(=O)O)c1ccc(O)c(O)c1.